The zero-order chi connectivity index (χ0) is 13.5. The van der Waals surface area contributed by atoms with E-state index in [0.29, 0.717) is 17.4 Å². The SMILES string of the molecule is CC1(C)Cc2cccc(Oc3cnc(N)cn3)c2O1. The second-order valence-electron chi connectivity index (χ2n) is 5.16. The number of para-hydroxylation sites is 1. The molecule has 5 nitrogen and oxygen atoms in total. The number of rotatable bonds is 2. The highest BCUT2D eigenvalue weighted by molar-refractivity contribution is 5.51. The Balaban J connectivity index is 1.91. The van der Waals surface area contributed by atoms with Gasteiger partial charge in [0.05, 0.1) is 12.4 Å². The third kappa shape index (κ3) is 2.31. The van der Waals surface area contributed by atoms with E-state index in [2.05, 4.69) is 23.8 Å². The molecule has 1 aliphatic rings. The van der Waals surface area contributed by atoms with Crippen molar-refractivity contribution in [1.29, 1.82) is 0 Å². The molecule has 1 aliphatic heterocycles. The van der Waals surface area contributed by atoms with Gasteiger partial charge in [0.2, 0.25) is 5.88 Å². The predicted molar refractivity (Wildman–Crippen MR) is 71.4 cm³/mol. The molecule has 0 unspecified atom stereocenters. The molecule has 19 heavy (non-hydrogen) atoms. The first-order valence-corrected chi connectivity index (χ1v) is 6.10. The summed E-state index contributed by atoms with van der Waals surface area (Å²) >= 11 is 0. The fourth-order valence-electron chi connectivity index (χ4n) is 2.16. The highest BCUT2D eigenvalue weighted by Crippen LogP contribution is 2.42. The number of aromatic nitrogens is 2. The van der Waals surface area contributed by atoms with Crippen molar-refractivity contribution >= 4 is 5.82 Å². The van der Waals surface area contributed by atoms with Gasteiger partial charge in [-0.1, -0.05) is 12.1 Å². The summed E-state index contributed by atoms with van der Waals surface area (Å²) in [7, 11) is 0. The van der Waals surface area contributed by atoms with Crippen LogP contribution in [0.25, 0.3) is 0 Å². The van der Waals surface area contributed by atoms with Crippen LogP contribution < -0.4 is 15.2 Å². The molecule has 1 aromatic heterocycles. The quantitative estimate of drug-likeness (QED) is 0.895. The Bertz CT molecular complexity index is 609. The Morgan fingerprint density at radius 2 is 2.11 bits per heavy atom. The van der Waals surface area contributed by atoms with Gasteiger partial charge in [-0.25, -0.2) is 9.97 Å². The largest absolute Gasteiger partial charge is 0.483 e. The Labute approximate surface area is 111 Å². The van der Waals surface area contributed by atoms with Crippen LogP contribution in [-0.4, -0.2) is 15.6 Å². The minimum atomic E-state index is -0.200. The van der Waals surface area contributed by atoms with Crippen LogP contribution in [0.4, 0.5) is 5.82 Å². The normalized spacial score (nSPS) is 15.7. The maximum atomic E-state index is 5.92. The fourth-order valence-corrected chi connectivity index (χ4v) is 2.16. The number of nitrogens with two attached hydrogens (primary N) is 1. The number of hydrogen-bond donors (Lipinski definition) is 1. The Kier molecular flexibility index (Phi) is 2.55. The van der Waals surface area contributed by atoms with Crippen LogP contribution in [0.1, 0.15) is 19.4 Å². The van der Waals surface area contributed by atoms with Gasteiger partial charge in [-0.05, 0) is 19.9 Å². The molecular weight excluding hydrogens is 242 g/mol. The number of hydrogen-bond acceptors (Lipinski definition) is 5. The first-order chi connectivity index (χ1) is 9.03. The van der Waals surface area contributed by atoms with Crippen molar-refractivity contribution in [3.8, 4) is 17.4 Å². The molecule has 2 heterocycles. The molecule has 2 N–H and O–H groups in total. The van der Waals surface area contributed by atoms with Gasteiger partial charge in [0.1, 0.15) is 11.4 Å². The van der Waals surface area contributed by atoms with Gasteiger partial charge in [-0.3, -0.25) is 0 Å². The average molecular weight is 257 g/mol. The minimum absolute atomic E-state index is 0.200. The Hall–Kier alpha value is -2.30. The molecule has 0 radical (unpaired) electrons. The number of benzene rings is 1. The van der Waals surface area contributed by atoms with Gasteiger partial charge in [-0.15, -0.1) is 0 Å². The lowest BCUT2D eigenvalue weighted by Gasteiger charge is -2.18. The van der Waals surface area contributed by atoms with E-state index in [9.17, 15) is 0 Å². The van der Waals surface area contributed by atoms with E-state index in [0.717, 1.165) is 17.7 Å². The van der Waals surface area contributed by atoms with E-state index in [-0.39, 0.29) is 5.60 Å². The number of nitrogen functional groups attached to an aromatic ring is 1. The van der Waals surface area contributed by atoms with E-state index in [1.165, 1.54) is 12.4 Å². The molecule has 3 rings (SSSR count). The second kappa shape index (κ2) is 4.12. The van der Waals surface area contributed by atoms with Crippen molar-refractivity contribution in [2.45, 2.75) is 25.9 Å². The van der Waals surface area contributed by atoms with Crippen molar-refractivity contribution in [2.24, 2.45) is 0 Å². The van der Waals surface area contributed by atoms with Crippen LogP contribution in [-0.2, 0) is 6.42 Å². The molecule has 0 amide bonds. The molecule has 1 aromatic carbocycles. The summed E-state index contributed by atoms with van der Waals surface area (Å²) in [5.74, 6) is 2.20. The average Bonchev–Trinajstić information content (AvgIpc) is 2.67. The molecule has 0 bridgehead atoms. The molecule has 0 atom stereocenters. The number of fused-ring (bicyclic) bond motifs is 1. The number of ether oxygens (including phenoxy) is 2. The zero-order valence-corrected chi connectivity index (χ0v) is 10.9. The van der Waals surface area contributed by atoms with E-state index < -0.39 is 0 Å². The molecule has 98 valence electrons. The molecule has 2 aromatic rings. The molecule has 0 fully saturated rings. The van der Waals surface area contributed by atoms with E-state index in [4.69, 9.17) is 15.2 Å². The van der Waals surface area contributed by atoms with Crippen molar-refractivity contribution in [1.82, 2.24) is 9.97 Å². The molecule has 0 aliphatic carbocycles. The second-order valence-corrected chi connectivity index (χ2v) is 5.16. The lowest BCUT2D eigenvalue weighted by atomic mass is 10.0. The van der Waals surface area contributed by atoms with Gasteiger partial charge in [-0.2, -0.15) is 0 Å². The predicted octanol–water partition coefficient (Wildman–Crippen LogP) is 2.56. The highest BCUT2D eigenvalue weighted by atomic mass is 16.5. The summed E-state index contributed by atoms with van der Waals surface area (Å²) in [6.45, 7) is 4.11. The number of anilines is 1. The maximum absolute atomic E-state index is 5.92. The van der Waals surface area contributed by atoms with Gasteiger partial charge in [0, 0.05) is 12.0 Å². The summed E-state index contributed by atoms with van der Waals surface area (Å²) in [6, 6.07) is 5.85. The van der Waals surface area contributed by atoms with Gasteiger partial charge in [0.25, 0.3) is 0 Å². The molecule has 0 spiro atoms. The summed E-state index contributed by atoms with van der Waals surface area (Å²) < 4.78 is 11.6. The standard InChI is InChI=1S/C14H15N3O2/c1-14(2)6-9-4-3-5-10(13(9)19-14)18-12-8-16-11(15)7-17-12/h3-5,7-8H,6H2,1-2H3,(H2,15,16). The highest BCUT2D eigenvalue weighted by Gasteiger charge is 2.32. The van der Waals surface area contributed by atoms with Crippen LogP contribution in [0.2, 0.25) is 0 Å². The molecule has 5 heteroatoms. The van der Waals surface area contributed by atoms with Crippen molar-refractivity contribution in [3.05, 3.63) is 36.2 Å². The topological polar surface area (TPSA) is 70.3 Å². The van der Waals surface area contributed by atoms with Crippen LogP contribution in [0, 0.1) is 0 Å². The fraction of sp³-hybridized carbons (Fsp3) is 0.286. The van der Waals surface area contributed by atoms with E-state index >= 15 is 0 Å². The summed E-state index contributed by atoms with van der Waals surface area (Å²) in [5, 5.41) is 0. The van der Waals surface area contributed by atoms with E-state index in [1.807, 2.05) is 18.2 Å². The summed E-state index contributed by atoms with van der Waals surface area (Å²) in [6.07, 6.45) is 3.82. The van der Waals surface area contributed by atoms with Crippen molar-refractivity contribution in [2.75, 3.05) is 5.73 Å². The van der Waals surface area contributed by atoms with E-state index in [1.54, 1.807) is 0 Å². The first-order valence-electron chi connectivity index (χ1n) is 6.10. The first kappa shape index (κ1) is 11.8. The number of nitrogens with zero attached hydrogens (tertiary/aromatic N) is 2. The Morgan fingerprint density at radius 3 is 2.84 bits per heavy atom. The van der Waals surface area contributed by atoms with Crippen molar-refractivity contribution in [3.63, 3.8) is 0 Å². The molecule has 0 saturated carbocycles. The Morgan fingerprint density at radius 1 is 1.26 bits per heavy atom. The zero-order valence-electron chi connectivity index (χ0n) is 10.9. The van der Waals surface area contributed by atoms with Gasteiger partial charge in [0.15, 0.2) is 11.5 Å². The maximum Gasteiger partial charge on any atom is 0.238 e. The monoisotopic (exact) mass is 257 g/mol. The van der Waals surface area contributed by atoms with Crippen LogP contribution >= 0.6 is 0 Å². The van der Waals surface area contributed by atoms with Crippen LogP contribution in [0.5, 0.6) is 17.4 Å². The third-order valence-electron chi connectivity index (χ3n) is 2.92. The minimum Gasteiger partial charge on any atom is -0.483 e. The smallest absolute Gasteiger partial charge is 0.238 e. The van der Waals surface area contributed by atoms with Gasteiger partial charge < -0.3 is 15.2 Å². The van der Waals surface area contributed by atoms with Crippen LogP contribution in [0.3, 0.4) is 0 Å². The van der Waals surface area contributed by atoms with Gasteiger partial charge >= 0.3 is 0 Å². The summed E-state index contributed by atoms with van der Waals surface area (Å²) in [4.78, 5) is 8.02. The van der Waals surface area contributed by atoms with Crippen LogP contribution in [0.15, 0.2) is 30.6 Å². The lowest BCUT2D eigenvalue weighted by Crippen LogP contribution is -2.24. The third-order valence-corrected chi connectivity index (χ3v) is 2.92. The lowest BCUT2D eigenvalue weighted by molar-refractivity contribution is 0.135. The summed E-state index contributed by atoms with van der Waals surface area (Å²) in [5.41, 5.74) is 6.44. The molecular formula is C14H15N3O2. The van der Waals surface area contributed by atoms with Crippen molar-refractivity contribution < 1.29 is 9.47 Å². The molecule has 0 saturated heterocycles.